The van der Waals surface area contributed by atoms with Gasteiger partial charge in [0.25, 0.3) is 5.91 Å². The molecule has 1 saturated heterocycles. The van der Waals surface area contributed by atoms with Crippen molar-refractivity contribution in [3.63, 3.8) is 0 Å². The molecule has 1 N–H and O–H groups in total. The second-order valence-corrected chi connectivity index (χ2v) is 5.68. The van der Waals surface area contributed by atoms with Crippen LogP contribution in [0.5, 0.6) is 0 Å². The average molecular weight is 291 g/mol. The van der Waals surface area contributed by atoms with Crippen LogP contribution in [0.25, 0.3) is 0 Å². The minimum absolute atomic E-state index is 0.0488. The summed E-state index contributed by atoms with van der Waals surface area (Å²) in [5, 5.41) is 8.88. The van der Waals surface area contributed by atoms with Gasteiger partial charge in [0.1, 0.15) is 0 Å². The molecule has 1 aliphatic rings. The smallest absolute Gasteiger partial charge is 0.335 e. The summed E-state index contributed by atoms with van der Waals surface area (Å²) in [5.74, 6) is -1.04. The molecule has 0 radical (unpaired) electrons. The summed E-state index contributed by atoms with van der Waals surface area (Å²) in [6, 6.07) is 6.08. The van der Waals surface area contributed by atoms with Gasteiger partial charge in [-0.15, -0.1) is 0 Å². The molecule has 1 heterocycles. The highest BCUT2D eigenvalue weighted by atomic mass is 16.5. The second-order valence-electron chi connectivity index (χ2n) is 5.68. The van der Waals surface area contributed by atoms with Crippen molar-refractivity contribution in [2.24, 2.45) is 0 Å². The van der Waals surface area contributed by atoms with Crippen LogP contribution in [0.4, 0.5) is 0 Å². The van der Waals surface area contributed by atoms with Crippen molar-refractivity contribution in [3.05, 3.63) is 35.4 Å². The first kappa shape index (κ1) is 15.5. The van der Waals surface area contributed by atoms with E-state index in [1.54, 1.807) is 19.2 Å². The molecule has 114 valence electrons. The van der Waals surface area contributed by atoms with Gasteiger partial charge >= 0.3 is 5.97 Å². The van der Waals surface area contributed by atoms with Crippen LogP contribution < -0.4 is 0 Å². The van der Waals surface area contributed by atoms with Crippen molar-refractivity contribution in [3.8, 4) is 0 Å². The molecule has 1 amide bonds. The monoisotopic (exact) mass is 291 g/mol. The van der Waals surface area contributed by atoms with Crippen molar-refractivity contribution in [1.82, 2.24) is 4.90 Å². The number of nitrogens with zero attached hydrogens (tertiary/aromatic N) is 1. The van der Waals surface area contributed by atoms with Gasteiger partial charge < -0.3 is 14.7 Å². The van der Waals surface area contributed by atoms with Crippen LogP contribution >= 0.6 is 0 Å². The second kappa shape index (κ2) is 6.26. The first-order valence-corrected chi connectivity index (χ1v) is 7.13. The Morgan fingerprint density at radius 3 is 2.33 bits per heavy atom. The molecule has 1 aromatic carbocycles. The quantitative estimate of drug-likeness (QED) is 0.928. The van der Waals surface area contributed by atoms with Gasteiger partial charge in [-0.25, -0.2) is 4.79 Å². The third-order valence-electron chi connectivity index (χ3n) is 4.20. The lowest BCUT2D eigenvalue weighted by molar-refractivity contribution is -0.00538. The number of benzene rings is 1. The summed E-state index contributed by atoms with van der Waals surface area (Å²) in [7, 11) is 1.71. The van der Waals surface area contributed by atoms with Crippen LogP contribution in [0.3, 0.4) is 0 Å². The number of carbonyl (C=O) groups is 2. The fraction of sp³-hybridized carbons (Fsp3) is 0.500. The lowest BCUT2D eigenvalue weighted by Gasteiger charge is -2.26. The standard InChI is InChI=1S/C16H21NO4/c1-16(21-2)8-3-10-17(11-9-16)14(18)12-4-6-13(7-5-12)15(19)20/h4-7H,3,8-11H2,1-2H3,(H,19,20). The third kappa shape index (κ3) is 3.61. The van der Waals surface area contributed by atoms with E-state index in [9.17, 15) is 9.59 Å². The normalized spacial score (nSPS) is 22.7. The Bertz CT molecular complexity index is 526. The fourth-order valence-electron chi connectivity index (χ4n) is 2.60. The van der Waals surface area contributed by atoms with Crippen molar-refractivity contribution >= 4 is 11.9 Å². The molecule has 0 saturated carbocycles. The lowest BCUT2D eigenvalue weighted by atomic mass is 9.97. The topological polar surface area (TPSA) is 66.8 Å². The zero-order valence-electron chi connectivity index (χ0n) is 12.5. The molecule has 21 heavy (non-hydrogen) atoms. The Balaban J connectivity index is 2.07. The number of aromatic carboxylic acids is 1. The van der Waals surface area contributed by atoms with Crippen molar-refractivity contribution < 1.29 is 19.4 Å². The van der Waals surface area contributed by atoms with E-state index >= 15 is 0 Å². The van der Waals surface area contributed by atoms with Crippen LogP contribution in [-0.4, -0.2) is 47.7 Å². The van der Waals surface area contributed by atoms with E-state index in [0.717, 1.165) is 19.3 Å². The van der Waals surface area contributed by atoms with Gasteiger partial charge in [0.15, 0.2) is 0 Å². The lowest BCUT2D eigenvalue weighted by Crippen LogP contribution is -2.34. The summed E-state index contributed by atoms with van der Waals surface area (Å²) in [6.45, 7) is 3.44. The number of carboxylic acids is 1. The SMILES string of the molecule is COC1(C)CCCN(C(=O)c2ccc(C(=O)O)cc2)CC1. The van der Waals surface area contributed by atoms with Gasteiger partial charge in [-0.1, -0.05) is 0 Å². The summed E-state index contributed by atoms with van der Waals surface area (Å²) in [4.78, 5) is 25.1. The molecule has 1 aromatic rings. The van der Waals surface area contributed by atoms with E-state index in [1.165, 1.54) is 12.1 Å². The van der Waals surface area contributed by atoms with Crippen molar-refractivity contribution in [1.29, 1.82) is 0 Å². The maximum atomic E-state index is 12.5. The number of hydrogen-bond acceptors (Lipinski definition) is 3. The van der Waals surface area contributed by atoms with E-state index in [1.807, 2.05) is 4.90 Å². The summed E-state index contributed by atoms with van der Waals surface area (Å²) >= 11 is 0. The highest BCUT2D eigenvalue weighted by Crippen LogP contribution is 2.25. The van der Waals surface area contributed by atoms with Crippen LogP contribution in [-0.2, 0) is 4.74 Å². The minimum Gasteiger partial charge on any atom is -0.478 e. The number of carbonyl (C=O) groups excluding carboxylic acids is 1. The highest BCUT2D eigenvalue weighted by molar-refractivity contribution is 5.95. The molecule has 0 bridgehead atoms. The van der Waals surface area contributed by atoms with Gasteiger partial charge in [-0.2, -0.15) is 0 Å². The Morgan fingerprint density at radius 1 is 1.14 bits per heavy atom. The predicted octanol–water partition coefficient (Wildman–Crippen LogP) is 2.42. The Kier molecular flexibility index (Phi) is 4.63. The Morgan fingerprint density at radius 2 is 1.76 bits per heavy atom. The van der Waals surface area contributed by atoms with E-state index in [-0.39, 0.29) is 17.1 Å². The van der Waals surface area contributed by atoms with Gasteiger partial charge in [0, 0.05) is 25.8 Å². The molecule has 1 aliphatic heterocycles. The molecule has 5 nitrogen and oxygen atoms in total. The molecule has 1 unspecified atom stereocenters. The molecule has 0 spiro atoms. The number of rotatable bonds is 3. The van der Waals surface area contributed by atoms with Gasteiger partial charge in [-0.05, 0) is 50.5 Å². The maximum Gasteiger partial charge on any atom is 0.335 e. The zero-order valence-corrected chi connectivity index (χ0v) is 12.5. The average Bonchev–Trinajstić information content (AvgIpc) is 2.69. The molecule has 5 heteroatoms. The molecule has 2 rings (SSSR count). The number of ether oxygens (including phenoxy) is 1. The van der Waals surface area contributed by atoms with Crippen molar-refractivity contribution in [2.75, 3.05) is 20.2 Å². The Labute approximate surface area is 124 Å². The summed E-state index contributed by atoms with van der Waals surface area (Å²) in [6.07, 6.45) is 2.65. The number of likely N-dealkylation sites (tertiary alicyclic amines) is 1. The molecular formula is C16H21NO4. The van der Waals surface area contributed by atoms with Crippen LogP contribution in [0.2, 0.25) is 0 Å². The van der Waals surface area contributed by atoms with E-state index in [0.29, 0.717) is 18.7 Å². The molecule has 1 atom stereocenters. The van der Waals surface area contributed by atoms with Gasteiger partial charge in [0.05, 0.1) is 11.2 Å². The number of amides is 1. The van der Waals surface area contributed by atoms with Gasteiger partial charge in [-0.3, -0.25) is 4.79 Å². The minimum atomic E-state index is -0.986. The van der Waals surface area contributed by atoms with E-state index < -0.39 is 5.97 Å². The third-order valence-corrected chi connectivity index (χ3v) is 4.20. The predicted molar refractivity (Wildman–Crippen MR) is 78.6 cm³/mol. The summed E-state index contributed by atoms with van der Waals surface area (Å²) in [5.41, 5.74) is 0.553. The number of methoxy groups -OCH3 is 1. The fourth-order valence-corrected chi connectivity index (χ4v) is 2.60. The largest absolute Gasteiger partial charge is 0.478 e. The van der Waals surface area contributed by atoms with Crippen molar-refractivity contribution in [2.45, 2.75) is 31.8 Å². The highest BCUT2D eigenvalue weighted by Gasteiger charge is 2.29. The van der Waals surface area contributed by atoms with Crippen LogP contribution in [0.15, 0.2) is 24.3 Å². The molecule has 0 aliphatic carbocycles. The van der Waals surface area contributed by atoms with Crippen LogP contribution in [0, 0.1) is 0 Å². The first-order chi connectivity index (χ1) is 9.95. The molecule has 0 aromatic heterocycles. The maximum absolute atomic E-state index is 12.5. The van der Waals surface area contributed by atoms with E-state index in [4.69, 9.17) is 9.84 Å². The molecular weight excluding hydrogens is 270 g/mol. The number of carboxylic acid groups (broad SMARTS) is 1. The zero-order chi connectivity index (χ0) is 15.5. The number of hydrogen-bond donors (Lipinski definition) is 1. The van der Waals surface area contributed by atoms with E-state index in [2.05, 4.69) is 6.92 Å². The Hall–Kier alpha value is -1.88. The van der Waals surface area contributed by atoms with Crippen LogP contribution in [0.1, 0.15) is 46.9 Å². The van der Waals surface area contributed by atoms with Gasteiger partial charge in [0.2, 0.25) is 0 Å². The first-order valence-electron chi connectivity index (χ1n) is 7.13. The molecule has 1 fully saturated rings. The summed E-state index contributed by atoms with van der Waals surface area (Å²) < 4.78 is 5.53.